The first-order chi connectivity index (χ1) is 19.2. The Kier molecular flexibility index (Phi) is 9.97. The monoisotopic (exact) mass is 588 g/mol. The second-order valence-electron chi connectivity index (χ2n) is 9.28. The Morgan fingerprint density at radius 3 is 2.02 bits per heavy atom. The average Bonchev–Trinajstić information content (AvgIpc) is 3.50. The van der Waals surface area contributed by atoms with Crippen LogP contribution in [0.1, 0.15) is 11.4 Å². The van der Waals surface area contributed by atoms with Crippen LogP contribution in [-0.4, -0.2) is 74.1 Å². The van der Waals surface area contributed by atoms with Gasteiger partial charge < -0.3 is 19.5 Å². The number of benzene rings is 1. The molecule has 2 aliphatic rings. The predicted molar refractivity (Wildman–Crippen MR) is 132 cm³/mol. The van der Waals surface area contributed by atoms with E-state index in [0.29, 0.717) is 11.8 Å². The van der Waals surface area contributed by atoms with Gasteiger partial charge in [-0.15, -0.1) is 0 Å². The normalized spacial score (nSPS) is 18.1. The largest absolute Gasteiger partial charge is 0.497 e. The lowest BCUT2D eigenvalue weighted by Gasteiger charge is -2.27. The number of hydrogen-bond donors (Lipinski definition) is 2. The van der Waals surface area contributed by atoms with E-state index in [1.807, 2.05) is 36.8 Å². The Labute approximate surface area is 230 Å². The van der Waals surface area contributed by atoms with Crippen molar-refractivity contribution >= 4 is 11.9 Å². The molecule has 0 spiro atoms. The highest BCUT2D eigenvalue weighted by molar-refractivity contribution is 5.73. The summed E-state index contributed by atoms with van der Waals surface area (Å²) in [6, 6.07) is 12.5. The van der Waals surface area contributed by atoms with Crippen LogP contribution in [0.4, 0.5) is 26.3 Å². The summed E-state index contributed by atoms with van der Waals surface area (Å²) in [7, 11) is 1.70. The molecule has 15 heteroatoms. The molecule has 2 aliphatic heterocycles. The molecule has 41 heavy (non-hydrogen) atoms. The number of ether oxygens (including phenoxy) is 1. The number of carboxylic acids is 2. The fraction of sp³-hybridized carbons (Fsp3) is 0.385. The second-order valence-corrected chi connectivity index (χ2v) is 9.28. The SMILES string of the molecule is COc1ccc(-c2cnc3n2CC2CN(Cc4cccnc4)CC2C3)cc1.O=C(O)C(F)(F)F.O=C(O)C(F)(F)F. The molecule has 5 rings (SSSR count). The maximum absolute atomic E-state index is 10.6. The van der Waals surface area contributed by atoms with Gasteiger partial charge in [-0.2, -0.15) is 26.3 Å². The fourth-order valence-electron chi connectivity index (χ4n) is 4.59. The lowest BCUT2D eigenvalue weighted by atomic mass is 9.89. The molecule has 1 fully saturated rings. The highest BCUT2D eigenvalue weighted by Gasteiger charge is 2.39. The molecule has 222 valence electrons. The van der Waals surface area contributed by atoms with Crippen LogP contribution in [0.25, 0.3) is 11.3 Å². The van der Waals surface area contributed by atoms with Crippen molar-refractivity contribution < 1.29 is 50.9 Å². The van der Waals surface area contributed by atoms with Gasteiger partial charge in [0.15, 0.2) is 0 Å². The highest BCUT2D eigenvalue weighted by Crippen LogP contribution is 2.36. The average molecular weight is 589 g/mol. The molecule has 3 aromatic rings. The van der Waals surface area contributed by atoms with Gasteiger partial charge in [0, 0.05) is 50.6 Å². The number of hydrogen-bond acceptors (Lipinski definition) is 6. The van der Waals surface area contributed by atoms with Crippen LogP contribution in [0.15, 0.2) is 55.0 Å². The third-order valence-electron chi connectivity index (χ3n) is 6.45. The van der Waals surface area contributed by atoms with Crippen molar-refractivity contribution in [2.45, 2.75) is 31.9 Å². The number of alkyl halides is 6. The zero-order chi connectivity index (χ0) is 30.4. The third-order valence-corrected chi connectivity index (χ3v) is 6.45. The van der Waals surface area contributed by atoms with E-state index in [1.165, 1.54) is 22.6 Å². The zero-order valence-electron chi connectivity index (χ0n) is 21.6. The number of carbonyl (C=O) groups is 2. The fourth-order valence-corrected chi connectivity index (χ4v) is 4.59. The number of methoxy groups -OCH3 is 1. The number of aromatic nitrogens is 3. The number of pyridine rings is 1. The predicted octanol–water partition coefficient (Wildman–Crippen LogP) is 4.52. The van der Waals surface area contributed by atoms with Crippen LogP contribution in [-0.2, 0) is 29.1 Å². The number of rotatable bonds is 4. The van der Waals surface area contributed by atoms with Gasteiger partial charge in [-0.05, 0) is 47.7 Å². The maximum atomic E-state index is 10.6. The minimum Gasteiger partial charge on any atom is -0.497 e. The number of halogens is 6. The molecule has 2 N–H and O–H groups in total. The van der Waals surface area contributed by atoms with Gasteiger partial charge in [0.05, 0.1) is 19.0 Å². The van der Waals surface area contributed by atoms with Crippen molar-refractivity contribution in [3.63, 3.8) is 0 Å². The topological polar surface area (TPSA) is 118 Å². The van der Waals surface area contributed by atoms with Crippen molar-refractivity contribution in [3.8, 4) is 17.0 Å². The summed E-state index contributed by atoms with van der Waals surface area (Å²) < 4.78 is 71.2. The first-order valence-corrected chi connectivity index (χ1v) is 12.1. The first-order valence-electron chi connectivity index (χ1n) is 12.1. The summed E-state index contributed by atoms with van der Waals surface area (Å²) in [6.45, 7) is 4.36. The molecule has 0 saturated carbocycles. The van der Waals surface area contributed by atoms with E-state index in [0.717, 1.165) is 38.3 Å². The molecule has 4 heterocycles. The number of carboxylic acid groups (broad SMARTS) is 2. The van der Waals surface area contributed by atoms with Crippen LogP contribution < -0.4 is 4.74 Å². The van der Waals surface area contributed by atoms with Gasteiger partial charge in [-0.1, -0.05) is 6.07 Å². The quantitative estimate of drug-likeness (QED) is 0.428. The Hall–Kier alpha value is -4.14. The zero-order valence-corrected chi connectivity index (χ0v) is 21.6. The molecule has 2 aromatic heterocycles. The summed E-state index contributed by atoms with van der Waals surface area (Å²) in [5, 5.41) is 14.2. The Balaban J connectivity index is 0.000000276. The first kappa shape index (κ1) is 31.4. The lowest BCUT2D eigenvalue weighted by Crippen LogP contribution is -2.28. The third kappa shape index (κ3) is 8.67. The van der Waals surface area contributed by atoms with Gasteiger partial charge in [0.2, 0.25) is 0 Å². The molecule has 0 bridgehead atoms. The summed E-state index contributed by atoms with van der Waals surface area (Å²) in [5.74, 6) is -2.00. The summed E-state index contributed by atoms with van der Waals surface area (Å²) in [5.41, 5.74) is 3.72. The number of nitrogens with zero attached hydrogens (tertiary/aromatic N) is 4. The van der Waals surface area contributed by atoms with E-state index >= 15 is 0 Å². The van der Waals surface area contributed by atoms with Gasteiger partial charge in [-0.25, -0.2) is 14.6 Å². The van der Waals surface area contributed by atoms with E-state index < -0.39 is 24.3 Å². The molecule has 2 unspecified atom stereocenters. The minimum absolute atomic E-state index is 0.695. The molecule has 1 aromatic carbocycles. The molecule has 9 nitrogen and oxygen atoms in total. The highest BCUT2D eigenvalue weighted by atomic mass is 19.4. The number of likely N-dealkylation sites (tertiary alicyclic amines) is 1. The second kappa shape index (κ2) is 13.0. The van der Waals surface area contributed by atoms with E-state index in [1.54, 1.807) is 7.11 Å². The molecular formula is C26H26F6N4O5. The van der Waals surface area contributed by atoms with Gasteiger partial charge in [0.1, 0.15) is 11.6 Å². The van der Waals surface area contributed by atoms with Crippen LogP contribution in [0.2, 0.25) is 0 Å². The van der Waals surface area contributed by atoms with Gasteiger partial charge in [0.25, 0.3) is 0 Å². The smallest absolute Gasteiger partial charge is 0.490 e. The molecular weight excluding hydrogens is 562 g/mol. The van der Waals surface area contributed by atoms with Crippen LogP contribution in [0.3, 0.4) is 0 Å². The van der Waals surface area contributed by atoms with Gasteiger partial charge in [-0.3, -0.25) is 9.88 Å². The summed E-state index contributed by atoms with van der Waals surface area (Å²) >= 11 is 0. The number of fused-ring (bicyclic) bond motifs is 2. The standard InChI is InChI=1S/C22H24N4O.2C2HF3O2/c1-27-20-6-4-17(5-7-20)21-11-24-22-9-18-13-25(14-19(18)15-26(21)22)12-16-3-2-8-23-10-16;2*3-2(4,5)1(6)7/h2-8,10-11,18-19H,9,12-15H2,1H3;2*(H,6,7). The van der Waals surface area contributed by atoms with Crippen LogP contribution in [0.5, 0.6) is 5.75 Å². The van der Waals surface area contributed by atoms with Gasteiger partial charge >= 0.3 is 24.3 Å². The Morgan fingerprint density at radius 1 is 0.927 bits per heavy atom. The maximum Gasteiger partial charge on any atom is 0.490 e. The molecule has 0 amide bonds. The van der Waals surface area contributed by atoms with Crippen LogP contribution >= 0.6 is 0 Å². The lowest BCUT2D eigenvalue weighted by molar-refractivity contribution is -0.193. The summed E-state index contributed by atoms with van der Waals surface area (Å²) in [4.78, 5) is 29.4. The Bertz CT molecular complexity index is 1290. The van der Waals surface area contributed by atoms with Crippen molar-refractivity contribution in [2.24, 2.45) is 11.8 Å². The van der Waals surface area contributed by atoms with E-state index in [9.17, 15) is 26.3 Å². The van der Waals surface area contributed by atoms with E-state index in [-0.39, 0.29) is 0 Å². The minimum atomic E-state index is -5.08. The van der Waals surface area contributed by atoms with Crippen molar-refractivity contribution in [1.82, 2.24) is 19.4 Å². The van der Waals surface area contributed by atoms with E-state index in [4.69, 9.17) is 29.5 Å². The number of imidazole rings is 1. The molecule has 2 atom stereocenters. The van der Waals surface area contributed by atoms with Crippen LogP contribution in [0, 0.1) is 11.8 Å². The molecule has 0 aliphatic carbocycles. The van der Waals surface area contributed by atoms with Crippen molar-refractivity contribution in [3.05, 3.63) is 66.4 Å². The number of aliphatic carboxylic acids is 2. The summed E-state index contributed by atoms with van der Waals surface area (Å²) in [6.07, 6.45) is -3.24. The molecule has 0 radical (unpaired) electrons. The van der Waals surface area contributed by atoms with E-state index in [2.05, 4.69) is 32.7 Å². The Morgan fingerprint density at radius 2 is 1.51 bits per heavy atom. The molecule has 1 saturated heterocycles. The van der Waals surface area contributed by atoms with Crippen molar-refractivity contribution in [2.75, 3.05) is 20.2 Å². The van der Waals surface area contributed by atoms with Crippen molar-refractivity contribution in [1.29, 1.82) is 0 Å².